The van der Waals surface area contributed by atoms with Crippen LogP contribution in [0.15, 0.2) is 77.3 Å². The molecule has 1 fully saturated rings. The summed E-state index contributed by atoms with van der Waals surface area (Å²) in [5, 5.41) is 3.69. The second-order valence-corrected chi connectivity index (χ2v) is 14.4. The van der Waals surface area contributed by atoms with E-state index in [2.05, 4.69) is 21.2 Å². The van der Waals surface area contributed by atoms with Crippen molar-refractivity contribution < 1.29 is 18.0 Å². The Bertz CT molecular complexity index is 1500. The number of hydrogen-bond donors (Lipinski definition) is 1. The zero-order chi connectivity index (χ0) is 31.0. The van der Waals surface area contributed by atoms with E-state index >= 15 is 0 Å². The molecule has 1 aliphatic carbocycles. The van der Waals surface area contributed by atoms with E-state index in [9.17, 15) is 18.0 Å². The monoisotopic (exact) mass is 687 g/mol. The van der Waals surface area contributed by atoms with Crippen molar-refractivity contribution in [1.29, 1.82) is 0 Å². The molecule has 0 radical (unpaired) electrons. The Morgan fingerprint density at radius 2 is 1.65 bits per heavy atom. The molecule has 1 unspecified atom stereocenters. The van der Waals surface area contributed by atoms with Gasteiger partial charge in [0.25, 0.3) is 0 Å². The van der Waals surface area contributed by atoms with Gasteiger partial charge in [0.1, 0.15) is 6.04 Å². The highest BCUT2D eigenvalue weighted by atomic mass is 79.9. The molecule has 0 bridgehead atoms. The molecule has 0 aliphatic heterocycles. The standard InChI is InChI=1S/C33H39BrClN3O4S/c1-24-29(35)14-8-15-30(24)38(43(2,41)42)21-9-16-32(39)37(23-26-17-19-27(34)20-18-26)31(22-25-10-4-3-5-11-25)33(40)36-28-12-6-7-13-28/h3-5,8,10-11,14-15,17-20,28,31H,6-7,9,12-13,16,21-23H2,1-2H3,(H,36,40). The Kier molecular flexibility index (Phi) is 11.7. The lowest BCUT2D eigenvalue weighted by molar-refractivity contribution is -0.141. The maximum Gasteiger partial charge on any atom is 0.243 e. The highest BCUT2D eigenvalue weighted by Gasteiger charge is 2.32. The zero-order valence-corrected chi connectivity index (χ0v) is 27.8. The summed E-state index contributed by atoms with van der Waals surface area (Å²) in [5.41, 5.74) is 3.01. The lowest BCUT2D eigenvalue weighted by Gasteiger charge is -2.33. The number of rotatable bonds is 13. The Morgan fingerprint density at radius 3 is 2.30 bits per heavy atom. The minimum absolute atomic E-state index is 0.0736. The van der Waals surface area contributed by atoms with Crippen LogP contribution in [-0.2, 0) is 32.6 Å². The van der Waals surface area contributed by atoms with Crippen molar-refractivity contribution in [3.8, 4) is 0 Å². The lowest BCUT2D eigenvalue weighted by Crippen LogP contribution is -2.52. The number of sulfonamides is 1. The smallest absolute Gasteiger partial charge is 0.243 e. The number of benzene rings is 3. The largest absolute Gasteiger partial charge is 0.352 e. The SMILES string of the molecule is Cc1c(Cl)cccc1N(CCCC(=O)N(Cc1ccc(Br)cc1)C(Cc1ccccc1)C(=O)NC1CCCC1)S(C)(=O)=O. The van der Waals surface area contributed by atoms with Crippen LogP contribution in [0, 0.1) is 6.92 Å². The third kappa shape index (κ3) is 9.30. The molecule has 7 nitrogen and oxygen atoms in total. The summed E-state index contributed by atoms with van der Waals surface area (Å²) in [4.78, 5) is 29.5. The second-order valence-electron chi connectivity index (χ2n) is 11.2. The van der Waals surface area contributed by atoms with E-state index in [-0.39, 0.29) is 43.8 Å². The van der Waals surface area contributed by atoms with Crippen molar-refractivity contribution in [2.45, 2.75) is 70.5 Å². The van der Waals surface area contributed by atoms with Gasteiger partial charge in [-0.15, -0.1) is 0 Å². The average Bonchev–Trinajstić information content (AvgIpc) is 3.48. The highest BCUT2D eigenvalue weighted by molar-refractivity contribution is 9.10. The molecule has 2 amide bonds. The summed E-state index contributed by atoms with van der Waals surface area (Å²) >= 11 is 9.76. The quantitative estimate of drug-likeness (QED) is 0.218. The van der Waals surface area contributed by atoms with Crippen molar-refractivity contribution in [3.05, 3.63) is 99.0 Å². The Labute approximate surface area is 268 Å². The van der Waals surface area contributed by atoms with Gasteiger partial charge in [-0.25, -0.2) is 8.42 Å². The fraction of sp³-hybridized carbons (Fsp3) is 0.394. The first-order valence-electron chi connectivity index (χ1n) is 14.6. The number of hydrogen-bond acceptors (Lipinski definition) is 4. The molecule has 1 saturated carbocycles. The molecule has 0 heterocycles. The van der Waals surface area contributed by atoms with Gasteiger partial charge in [0.2, 0.25) is 21.8 Å². The lowest BCUT2D eigenvalue weighted by atomic mass is 10.0. The van der Waals surface area contributed by atoms with Crippen molar-refractivity contribution in [2.75, 3.05) is 17.1 Å². The van der Waals surface area contributed by atoms with Crippen LogP contribution in [0.2, 0.25) is 5.02 Å². The maximum absolute atomic E-state index is 14.0. The molecular formula is C33H39BrClN3O4S. The molecule has 43 heavy (non-hydrogen) atoms. The predicted octanol–water partition coefficient (Wildman–Crippen LogP) is 6.66. The number of halogens is 2. The van der Waals surface area contributed by atoms with E-state index in [0.717, 1.165) is 47.5 Å². The van der Waals surface area contributed by atoms with E-state index in [1.807, 2.05) is 54.6 Å². The molecule has 0 saturated heterocycles. The van der Waals surface area contributed by atoms with Crippen molar-refractivity contribution in [2.24, 2.45) is 0 Å². The molecular weight excluding hydrogens is 650 g/mol. The molecule has 0 spiro atoms. The Morgan fingerprint density at radius 1 is 0.977 bits per heavy atom. The average molecular weight is 689 g/mol. The van der Waals surface area contributed by atoms with E-state index in [1.165, 1.54) is 4.31 Å². The molecule has 10 heteroatoms. The van der Waals surface area contributed by atoms with Crippen molar-refractivity contribution in [1.82, 2.24) is 10.2 Å². The van der Waals surface area contributed by atoms with Crippen LogP contribution in [-0.4, -0.2) is 50.0 Å². The number of carbonyl (C=O) groups excluding carboxylic acids is 2. The van der Waals surface area contributed by atoms with Gasteiger partial charge in [0.05, 0.1) is 11.9 Å². The first-order valence-corrected chi connectivity index (χ1v) is 17.7. The Hall–Kier alpha value is -2.88. The molecule has 3 aromatic rings. The second kappa shape index (κ2) is 15.2. The maximum atomic E-state index is 14.0. The molecule has 1 atom stereocenters. The van der Waals surface area contributed by atoms with E-state index < -0.39 is 16.1 Å². The van der Waals surface area contributed by atoms with Crippen LogP contribution in [0.5, 0.6) is 0 Å². The molecule has 1 N–H and O–H groups in total. The highest BCUT2D eigenvalue weighted by Crippen LogP contribution is 2.29. The predicted molar refractivity (Wildman–Crippen MR) is 177 cm³/mol. The molecule has 1 aliphatic rings. The van der Waals surface area contributed by atoms with Gasteiger partial charge in [-0.05, 0) is 67.1 Å². The van der Waals surface area contributed by atoms with Gasteiger partial charge in [0, 0.05) is 41.5 Å². The molecule has 230 valence electrons. The zero-order valence-electron chi connectivity index (χ0n) is 24.6. The number of carbonyl (C=O) groups is 2. The van der Waals surface area contributed by atoms with Crippen LogP contribution in [0.1, 0.15) is 55.2 Å². The minimum Gasteiger partial charge on any atom is -0.352 e. The van der Waals surface area contributed by atoms with Gasteiger partial charge < -0.3 is 10.2 Å². The summed E-state index contributed by atoms with van der Waals surface area (Å²) in [5.74, 6) is -0.366. The van der Waals surface area contributed by atoms with Gasteiger partial charge in [0.15, 0.2) is 0 Å². The minimum atomic E-state index is -3.63. The van der Waals surface area contributed by atoms with Crippen LogP contribution in [0.25, 0.3) is 0 Å². The summed E-state index contributed by atoms with van der Waals surface area (Å²) in [6.07, 6.45) is 5.92. The normalized spacial score (nSPS) is 14.3. The van der Waals surface area contributed by atoms with Crippen molar-refractivity contribution in [3.63, 3.8) is 0 Å². The molecule has 3 aromatic carbocycles. The van der Waals surface area contributed by atoms with Gasteiger partial charge in [-0.1, -0.05) is 88.9 Å². The summed E-state index contributed by atoms with van der Waals surface area (Å²) in [6.45, 7) is 2.14. The van der Waals surface area contributed by atoms with Gasteiger partial charge >= 0.3 is 0 Å². The number of nitrogens with zero attached hydrogens (tertiary/aromatic N) is 2. The van der Waals surface area contributed by atoms with E-state index in [1.54, 1.807) is 30.0 Å². The van der Waals surface area contributed by atoms with Crippen LogP contribution in [0.4, 0.5) is 5.69 Å². The molecule has 4 rings (SSSR count). The van der Waals surface area contributed by atoms with E-state index in [4.69, 9.17) is 11.6 Å². The fourth-order valence-electron chi connectivity index (χ4n) is 5.56. The van der Waals surface area contributed by atoms with Gasteiger partial charge in [-0.2, -0.15) is 0 Å². The summed E-state index contributed by atoms with van der Waals surface area (Å²) in [6, 6.07) is 22.0. The van der Waals surface area contributed by atoms with Crippen LogP contribution in [0.3, 0.4) is 0 Å². The Balaban J connectivity index is 1.59. The topological polar surface area (TPSA) is 86.8 Å². The van der Waals surface area contributed by atoms with Crippen LogP contribution >= 0.6 is 27.5 Å². The van der Waals surface area contributed by atoms with Crippen LogP contribution < -0.4 is 9.62 Å². The number of amides is 2. The van der Waals surface area contributed by atoms with E-state index in [0.29, 0.717) is 22.7 Å². The molecule has 0 aromatic heterocycles. The fourth-order valence-corrected chi connectivity index (χ4v) is 7.01. The number of anilines is 1. The van der Waals surface area contributed by atoms with Gasteiger partial charge in [-0.3, -0.25) is 13.9 Å². The van der Waals surface area contributed by atoms with Crippen molar-refractivity contribution >= 4 is 55.1 Å². The number of nitrogens with one attached hydrogen (secondary N) is 1. The third-order valence-corrected chi connectivity index (χ3v) is 10.0. The summed E-state index contributed by atoms with van der Waals surface area (Å²) < 4.78 is 27.8. The first kappa shape index (κ1) is 33.0. The summed E-state index contributed by atoms with van der Waals surface area (Å²) in [7, 11) is -3.63. The first-order chi connectivity index (χ1) is 20.5. The third-order valence-electron chi connectivity index (χ3n) is 7.90.